The van der Waals surface area contributed by atoms with Crippen molar-refractivity contribution in [1.29, 1.82) is 5.26 Å². The molecule has 1 aliphatic heterocycles. The van der Waals surface area contributed by atoms with Crippen LogP contribution in [0.15, 0.2) is 47.4 Å². The number of nitrogens with zero attached hydrogens (tertiary/aromatic N) is 2. The summed E-state index contributed by atoms with van der Waals surface area (Å²) in [7, 11) is 0. The number of nitriles is 1. The number of carbonyl (C=O) groups is 1. The Morgan fingerprint density at radius 3 is 2.88 bits per heavy atom. The molecule has 1 aromatic heterocycles. The van der Waals surface area contributed by atoms with Gasteiger partial charge in [-0.3, -0.25) is 9.59 Å². The van der Waals surface area contributed by atoms with Gasteiger partial charge in [0.15, 0.2) is 6.10 Å². The lowest BCUT2D eigenvalue weighted by Crippen LogP contribution is -2.52. The van der Waals surface area contributed by atoms with E-state index in [1.807, 2.05) is 0 Å². The molecular formula is C23H19ClFN3O4. The van der Waals surface area contributed by atoms with Gasteiger partial charge in [0.25, 0.3) is 11.5 Å². The number of rotatable bonds is 4. The Labute approximate surface area is 187 Å². The highest BCUT2D eigenvalue weighted by atomic mass is 35.5. The smallest absolute Gasteiger partial charge is 0.264 e. The monoisotopic (exact) mass is 455 g/mol. The molecular weight excluding hydrogens is 437 g/mol. The molecule has 1 amide bonds. The maximum absolute atomic E-state index is 13.4. The lowest BCUT2D eigenvalue weighted by atomic mass is 10.0. The first-order valence-electron chi connectivity index (χ1n) is 9.94. The predicted octanol–water partition coefficient (Wildman–Crippen LogP) is 3.51. The maximum atomic E-state index is 13.4. The van der Waals surface area contributed by atoms with E-state index in [1.165, 1.54) is 23.2 Å². The molecule has 2 aromatic carbocycles. The van der Waals surface area contributed by atoms with E-state index in [0.29, 0.717) is 40.8 Å². The SMILES string of the molecule is C[C@@H](Oc1ccc2c(-c3ccc(F)cc3Cl)c[nH]c(=O)c2c1)C(=O)N1CCOC[C@H]1C#N. The van der Waals surface area contributed by atoms with Gasteiger partial charge in [-0.15, -0.1) is 0 Å². The Morgan fingerprint density at radius 2 is 2.12 bits per heavy atom. The van der Waals surface area contributed by atoms with Crippen LogP contribution < -0.4 is 10.3 Å². The summed E-state index contributed by atoms with van der Waals surface area (Å²) >= 11 is 6.21. The van der Waals surface area contributed by atoms with Crippen LogP contribution in [-0.4, -0.2) is 47.7 Å². The van der Waals surface area contributed by atoms with Gasteiger partial charge < -0.3 is 19.4 Å². The predicted molar refractivity (Wildman–Crippen MR) is 117 cm³/mol. The van der Waals surface area contributed by atoms with Crippen molar-refractivity contribution in [2.24, 2.45) is 0 Å². The average Bonchev–Trinajstić information content (AvgIpc) is 2.79. The summed E-state index contributed by atoms with van der Waals surface area (Å²) in [5.41, 5.74) is 0.857. The van der Waals surface area contributed by atoms with E-state index in [2.05, 4.69) is 11.1 Å². The van der Waals surface area contributed by atoms with E-state index >= 15 is 0 Å². The molecule has 1 saturated heterocycles. The molecule has 32 heavy (non-hydrogen) atoms. The lowest BCUT2D eigenvalue weighted by Gasteiger charge is -2.33. The summed E-state index contributed by atoms with van der Waals surface area (Å²) < 4.78 is 24.5. The first-order chi connectivity index (χ1) is 15.4. The fraction of sp³-hybridized carbons (Fsp3) is 0.261. The van der Waals surface area contributed by atoms with Gasteiger partial charge in [0.05, 0.1) is 29.7 Å². The van der Waals surface area contributed by atoms with Crippen LogP contribution in [0.25, 0.3) is 21.9 Å². The lowest BCUT2D eigenvalue weighted by molar-refractivity contribution is -0.144. The number of fused-ring (bicyclic) bond motifs is 1. The molecule has 7 nitrogen and oxygen atoms in total. The zero-order valence-electron chi connectivity index (χ0n) is 17.1. The van der Waals surface area contributed by atoms with Crippen molar-refractivity contribution in [2.45, 2.75) is 19.1 Å². The number of morpholine rings is 1. The number of aromatic nitrogens is 1. The van der Waals surface area contributed by atoms with Crippen molar-refractivity contribution in [3.05, 3.63) is 63.8 Å². The third kappa shape index (κ3) is 4.17. The van der Waals surface area contributed by atoms with Crippen LogP contribution in [0.5, 0.6) is 5.75 Å². The number of aromatic amines is 1. The summed E-state index contributed by atoms with van der Waals surface area (Å²) in [5.74, 6) is -0.464. The van der Waals surface area contributed by atoms with Crippen LogP contribution in [0.2, 0.25) is 5.02 Å². The molecule has 1 fully saturated rings. The number of ether oxygens (including phenoxy) is 2. The Kier molecular flexibility index (Phi) is 6.12. The highest BCUT2D eigenvalue weighted by molar-refractivity contribution is 6.33. The Bertz CT molecular complexity index is 1290. The van der Waals surface area contributed by atoms with Crippen LogP contribution in [0.3, 0.4) is 0 Å². The van der Waals surface area contributed by atoms with Crippen LogP contribution in [0, 0.1) is 17.1 Å². The van der Waals surface area contributed by atoms with Gasteiger partial charge in [-0.1, -0.05) is 11.6 Å². The molecule has 1 aliphatic rings. The zero-order chi connectivity index (χ0) is 22.8. The minimum Gasteiger partial charge on any atom is -0.481 e. The molecule has 0 saturated carbocycles. The summed E-state index contributed by atoms with van der Waals surface area (Å²) in [6, 6.07) is 10.3. The number of H-pyrrole nitrogens is 1. The van der Waals surface area contributed by atoms with E-state index in [4.69, 9.17) is 21.1 Å². The second-order valence-electron chi connectivity index (χ2n) is 7.37. The molecule has 4 rings (SSSR count). The maximum Gasteiger partial charge on any atom is 0.264 e. The topological polar surface area (TPSA) is 95.4 Å². The van der Waals surface area contributed by atoms with Gasteiger partial charge in [0.2, 0.25) is 0 Å². The van der Waals surface area contributed by atoms with E-state index in [1.54, 1.807) is 31.2 Å². The number of nitrogens with one attached hydrogen (secondary N) is 1. The van der Waals surface area contributed by atoms with Crippen LogP contribution in [-0.2, 0) is 9.53 Å². The minimum absolute atomic E-state index is 0.162. The van der Waals surface area contributed by atoms with Crippen LogP contribution in [0.1, 0.15) is 6.92 Å². The Morgan fingerprint density at radius 1 is 1.31 bits per heavy atom. The molecule has 0 unspecified atom stereocenters. The fourth-order valence-corrected chi connectivity index (χ4v) is 3.97. The molecule has 0 aliphatic carbocycles. The van der Waals surface area contributed by atoms with Gasteiger partial charge in [-0.25, -0.2) is 4.39 Å². The molecule has 2 atom stereocenters. The molecule has 3 aromatic rings. The van der Waals surface area contributed by atoms with Crippen molar-refractivity contribution in [1.82, 2.24) is 9.88 Å². The van der Waals surface area contributed by atoms with Crippen molar-refractivity contribution < 1.29 is 18.7 Å². The van der Waals surface area contributed by atoms with Gasteiger partial charge in [0.1, 0.15) is 17.6 Å². The fourth-order valence-electron chi connectivity index (χ4n) is 3.71. The second kappa shape index (κ2) is 8.99. The number of carbonyl (C=O) groups excluding carboxylic acids is 1. The molecule has 9 heteroatoms. The number of amides is 1. The molecule has 0 spiro atoms. The van der Waals surface area contributed by atoms with Crippen molar-refractivity contribution in [3.63, 3.8) is 0 Å². The third-order valence-corrected chi connectivity index (χ3v) is 5.63. The number of hydrogen-bond donors (Lipinski definition) is 1. The summed E-state index contributed by atoms with van der Waals surface area (Å²) in [6.45, 7) is 2.42. The van der Waals surface area contributed by atoms with Crippen LogP contribution >= 0.6 is 11.6 Å². The first kappa shape index (κ1) is 21.8. The highest BCUT2D eigenvalue weighted by Crippen LogP contribution is 2.33. The second-order valence-corrected chi connectivity index (χ2v) is 7.78. The van der Waals surface area contributed by atoms with Gasteiger partial charge in [-0.05, 0) is 48.7 Å². The zero-order valence-corrected chi connectivity index (χ0v) is 17.9. The largest absolute Gasteiger partial charge is 0.481 e. The quantitative estimate of drug-likeness (QED) is 0.649. The summed E-state index contributed by atoms with van der Waals surface area (Å²) in [4.78, 5) is 29.4. The highest BCUT2D eigenvalue weighted by Gasteiger charge is 2.31. The molecule has 2 heterocycles. The summed E-state index contributed by atoms with van der Waals surface area (Å²) in [5, 5.41) is 10.4. The number of benzene rings is 2. The van der Waals surface area contributed by atoms with Crippen molar-refractivity contribution in [3.8, 4) is 22.9 Å². The first-order valence-corrected chi connectivity index (χ1v) is 10.3. The van der Waals surface area contributed by atoms with Gasteiger partial charge in [0, 0.05) is 23.9 Å². The number of halogens is 2. The Hall–Kier alpha value is -3.41. The van der Waals surface area contributed by atoms with E-state index in [0.717, 1.165) is 0 Å². The minimum atomic E-state index is -0.866. The third-order valence-electron chi connectivity index (χ3n) is 5.32. The molecule has 0 bridgehead atoms. The molecule has 164 valence electrons. The van der Waals surface area contributed by atoms with Crippen molar-refractivity contribution in [2.75, 3.05) is 19.8 Å². The Balaban J connectivity index is 1.64. The van der Waals surface area contributed by atoms with Gasteiger partial charge in [-0.2, -0.15) is 5.26 Å². The van der Waals surface area contributed by atoms with E-state index < -0.39 is 18.0 Å². The normalized spacial score (nSPS) is 17.1. The molecule has 1 N–H and O–H groups in total. The number of pyridine rings is 1. The van der Waals surface area contributed by atoms with Crippen LogP contribution in [0.4, 0.5) is 4.39 Å². The molecule has 0 radical (unpaired) electrons. The van der Waals surface area contributed by atoms with Crippen molar-refractivity contribution >= 4 is 28.3 Å². The standard InChI is InChI=1S/C23H19ClFN3O4/c1-13(23(30)28-6-7-31-12-15(28)10-26)32-16-3-5-17-19(9-16)22(29)27-11-20(17)18-4-2-14(25)8-21(18)24/h2-5,8-9,11,13,15H,6-7,12H2,1H3,(H,27,29)/t13-,15-/m1/s1. The van der Waals surface area contributed by atoms with Gasteiger partial charge >= 0.3 is 0 Å². The average molecular weight is 456 g/mol. The summed E-state index contributed by atoms with van der Waals surface area (Å²) in [6.07, 6.45) is 0.659. The number of hydrogen-bond acceptors (Lipinski definition) is 5. The van der Waals surface area contributed by atoms with E-state index in [-0.39, 0.29) is 23.1 Å². The van der Waals surface area contributed by atoms with E-state index in [9.17, 15) is 19.2 Å².